The van der Waals surface area contributed by atoms with Crippen molar-refractivity contribution < 1.29 is 19.2 Å². The van der Waals surface area contributed by atoms with Crippen LogP contribution in [-0.2, 0) is 11.3 Å². The molecule has 160 valence electrons. The van der Waals surface area contributed by atoms with Crippen LogP contribution in [0.4, 0.5) is 10.5 Å². The molecule has 8 nitrogen and oxygen atoms in total. The molecule has 1 aromatic carbocycles. The SMILES string of the molecule is CC(C)(C)OC(=O)N1CCC(c2ccc(COc3cccc([N+](=O)[O-])c3)nc2)CC1. The molecule has 8 heteroatoms. The highest BCUT2D eigenvalue weighted by Crippen LogP contribution is 2.28. The van der Waals surface area contributed by atoms with E-state index in [0.29, 0.717) is 24.8 Å². The first kappa shape index (κ1) is 21.5. The zero-order valence-corrected chi connectivity index (χ0v) is 17.5. The third kappa shape index (κ3) is 5.92. The summed E-state index contributed by atoms with van der Waals surface area (Å²) in [7, 11) is 0. The summed E-state index contributed by atoms with van der Waals surface area (Å²) >= 11 is 0. The number of carbonyl (C=O) groups excluding carboxylic acids is 1. The average Bonchev–Trinajstić information content (AvgIpc) is 2.72. The second-order valence-corrected chi connectivity index (χ2v) is 8.37. The molecular formula is C22H27N3O5. The smallest absolute Gasteiger partial charge is 0.410 e. The lowest BCUT2D eigenvalue weighted by atomic mass is 9.90. The summed E-state index contributed by atoms with van der Waals surface area (Å²) in [6.45, 7) is 7.17. The summed E-state index contributed by atoms with van der Waals surface area (Å²) in [6, 6.07) is 10.0. The van der Waals surface area contributed by atoms with Crippen LogP contribution < -0.4 is 4.74 Å². The lowest BCUT2D eigenvalue weighted by Crippen LogP contribution is -2.41. The molecule has 1 amide bonds. The number of carbonyl (C=O) groups is 1. The van der Waals surface area contributed by atoms with Crippen molar-refractivity contribution in [2.24, 2.45) is 0 Å². The number of hydrogen-bond acceptors (Lipinski definition) is 6. The Labute approximate surface area is 176 Å². The lowest BCUT2D eigenvalue weighted by Gasteiger charge is -2.33. The fourth-order valence-electron chi connectivity index (χ4n) is 3.33. The number of ether oxygens (including phenoxy) is 2. The second-order valence-electron chi connectivity index (χ2n) is 8.37. The van der Waals surface area contributed by atoms with Crippen LogP contribution in [0.25, 0.3) is 0 Å². The molecule has 0 atom stereocenters. The molecule has 0 spiro atoms. The number of aromatic nitrogens is 1. The number of nitrogens with zero attached hydrogens (tertiary/aromatic N) is 3. The van der Waals surface area contributed by atoms with Gasteiger partial charge >= 0.3 is 6.09 Å². The van der Waals surface area contributed by atoms with Crippen LogP contribution in [0.15, 0.2) is 42.6 Å². The highest BCUT2D eigenvalue weighted by Gasteiger charge is 2.27. The maximum atomic E-state index is 12.2. The summed E-state index contributed by atoms with van der Waals surface area (Å²) in [5.74, 6) is 0.785. The Morgan fingerprint density at radius 3 is 2.57 bits per heavy atom. The molecule has 30 heavy (non-hydrogen) atoms. The molecule has 1 aliphatic heterocycles. The van der Waals surface area contributed by atoms with Gasteiger partial charge in [-0.3, -0.25) is 15.1 Å². The topological polar surface area (TPSA) is 94.8 Å². The van der Waals surface area contributed by atoms with E-state index in [2.05, 4.69) is 4.98 Å². The number of pyridine rings is 1. The summed E-state index contributed by atoms with van der Waals surface area (Å²) < 4.78 is 11.1. The number of rotatable bonds is 5. The van der Waals surface area contributed by atoms with Crippen molar-refractivity contribution in [3.05, 3.63) is 64.0 Å². The number of hydrogen-bond donors (Lipinski definition) is 0. The van der Waals surface area contributed by atoms with Gasteiger partial charge in [0.2, 0.25) is 0 Å². The molecule has 3 rings (SSSR count). The Morgan fingerprint density at radius 1 is 1.23 bits per heavy atom. The molecule has 0 bridgehead atoms. The van der Waals surface area contributed by atoms with Crippen molar-refractivity contribution in [2.75, 3.05) is 13.1 Å². The quantitative estimate of drug-likeness (QED) is 0.522. The third-order valence-electron chi connectivity index (χ3n) is 4.88. The molecule has 1 aromatic heterocycles. The lowest BCUT2D eigenvalue weighted by molar-refractivity contribution is -0.384. The summed E-state index contributed by atoms with van der Waals surface area (Å²) in [5.41, 5.74) is 1.39. The molecule has 1 aliphatic rings. The first-order valence-electron chi connectivity index (χ1n) is 10.0. The van der Waals surface area contributed by atoms with E-state index in [1.54, 1.807) is 17.0 Å². The van der Waals surface area contributed by atoms with Crippen molar-refractivity contribution in [2.45, 2.75) is 51.7 Å². The molecule has 2 aromatic rings. The molecule has 1 fully saturated rings. The van der Waals surface area contributed by atoms with Gasteiger partial charge in [-0.1, -0.05) is 12.1 Å². The van der Waals surface area contributed by atoms with Gasteiger partial charge in [-0.2, -0.15) is 0 Å². The van der Waals surface area contributed by atoms with E-state index in [1.165, 1.54) is 12.1 Å². The van der Waals surface area contributed by atoms with E-state index < -0.39 is 10.5 Å². The van der Waals surface area contributed by atoms with Crippen LogP contribution in [0, 0.1) is 10.1 Å². The van der Waals surface area contributed by atoms with Gasteiger partial charge < -0.3 is 14.4 Å². The minimum Gasteiger partial charge on any atom is -0.487 e. The minimum atomic E-state index is -0.486. The Kier molecular flexibility index (Phi) is 6.54. The number of nitro groups is 1. The Balaban J connectivity index is 1.51. The van der Waals surface area contributed by atoms with E-state index in [0.717, 1.165) is 24.1 Å². The number of amides is 1. The van der Waals surface area contributed by atoms with Gasteiger partial charge in [0.15, 0.2) is 0 Å². The van der Waals surface area contributed by atoms with Gasteiger partial charge in [-0.05, 0) is 57.2 Å². The van der Waals surface area contributed by atoms with Crippen molar-refractivity contribution in [1.29, 1.82) is 0 Å². The molecule has 1 saturated heterocycles. The van der Waals surface area contributed by atoms with E-state index in [9.17, 15) is 14.9 Å². The van der Waals surface area contributed by atoms with Gasteiger partial charge in [-0.15, -0.1) is 0 Å². The highest BCUT2D eigenvalue weighted by molar-refractivity contribution is 5.68. The molecule has 0 saturated carbocycles. The van der Waals surface area contributed by atoms with Crippen molar-refractivity contribution in [3.63, 3.8) is 0 Å². The van der Waals surface area contributed by atoms with Crippen LogP contribution in [0.1, 0.15) is 50.8 Å². The number of likely N-dealkylation sites (tertiary alicyclic amines) is 1. The van der Waals surface area contributed by atoms with Gasteiger partial charge in [0, 0.05) is 25.4 Å². The van der Waals surface area contributed by atoms with E-state index in [1.807, 2.05) is 39.1 Å². The van der Waals surface area contributed by atoms with Crippen LogP contribution in [0.3, 0.4) is 0 Å². The van der Waals surface area contributed by atoms with Crippen LogP contribution in [-0.4, -0.2) is 39.6 Å². The maximum absolute atomic E-state index is 12.2. The standard InChI is InChI=1S/C22H27N3O5/c1-22(2,3)30-21(26)24-11-9-16(10-12-24)17-7-8-18(23-14-17)15-29-20-6-4-5-19(13-20)25(27)28/h4-8,13-14,16H,9-12,15H2,1-3H3. The zero-order valence-electron chi connectivity index (χ0n) is 17.5. The number of benzene rings is 1. The molecule has 0 unspecified atom stereocenters. The Hall–Kier alpha value is -3.16. The fraction of sp³-hybridized carbons (Fsp3) is 0.455. The third-order valence-corrected chi connectivity index (χ3v) is 4.88. The molecule has 0 radical (unpaired) electrons. The average molecular weight is 413 g/mol. The van der Waals surface area contributed by atoms with E-state index in [4.69, 9.17) is 9.47 Å². The summed E-state index contributed by atoms with van der Waals surface area (Å²) in [6.07, 6.45) is 3.32. The van der Waals surface area contributed by atoms with Crippen molar-refractivity contribution in [1.82, 2.24) is 9.88 Å². The van der Waals surface area contributed by atoms with Gasteiger partial charge in [0.25, 0.3) is 5.69 Å². The molecule has 2 heterocycles. The largest absolute Gasteiger partial charge is 0.487 e. The van der Waals surface area contributed by atoms with Crippen LogP contribution >= 0.6 is 0 Å². The van der Waals surface area contributed by atoms with Crippen molar-refractivity contribution >= 4 is 11.8 Å². The zero-order chi connectivity index (χ0) is 21.7. The van der Waals surface area contributed by atoms with Gasteiger partial charge in [0.1, 0.15) is 18.0 Å². The van der Waals surface area contributed by atoms with Crippen LogP contribution in [0.5, 0.6) is 5.75 Å². The maximum Gasteiger partial charge on any atom is 0.410 e. The van der Waals surface area contributed by atoms with E-state index >= 15 is 0 Å². The van der Waals surface area contributed by atoms with Gasteiger partial charge in [-0.25, -0.2) is 4.79 Å². The first-order valence-corrected chi connectivity index (χ1v) is 10.0. The van der Waals surface area contributed by atoms with Crippen LogP contribution in [0.2, 0.25) is 0 Å². The Bertz CT molecular complexity index is 884. The normalized spacial score (nSPS) is 15.0. The predicted molar refractivity (Wildman–Crippen MR) is 111 cm³/mol. The molecule has 0 N–H and O–H groups in total. The molecule has 0 aliphatic carbocycles. The minimum absolute atomic E-state index is 0.00599. The van der Waals surface area contributed by atoms with E-state index in [-0.39, 0.29) is 18.4 Å². The predicted octanol–water partition coefficient (Wildman–Crippen LogP) is 4.68. The fourth-order valence-corrected chi connectivity index (χ4v) is 3.33. The second kappa shape index (κ2) is 9.11. The first-order chi connectivity index (χ1) is 14.2. The highest BCUT2D eigenvalue weighted by atomic mass is 16.6. The number of nitro benzene ring substituents is 1. The summed E-state index contributed by atoms with van der Waals surface area (Å²) in [4.78, 5) is 28.8. The van der Waals surface area contributed by atoms with Crippen molar-refractivity contribution in [3.8, 4) is 5.75 Å². The Morgan fingerprint density at radius 2 is 1.97 bits per heavy atom. The molecular weight excluding hydrogens is 386 g/mol. The number of non-ortho nitro benzene ring substituents is 1. The van der Waals surface area contributed by atoms with Gasteiger partial charge in [0.05, 0.1) is 16.7 Å². The summed E-state index contributed by atoms with van der Waals surface area (Å²) in [5, 5.41) is 10.8. The number of piperidine rings is 1. The monoisotopic (exact) mass is 413 g/mol.